The van der Waals surface area contributed by atoms with Gasteiger partial charge in [0.1, 0.15) is 5.75 Å². The molecule has 0 unspecified atom stereocenters. The van der Waals surface area contributed by atoms with Gasteiger partial charge in [-0.2, -0.15) is 0 Å². The van der Waals surface area contributed by atoms with Gasteiger partial charge in [-0.05, 0) is 46.0 Å². The Kier molecular flexibility index (Phi) is 4.65. The molecule has 4 heteroatoms. The lowest BCUT2D eigenvalue weighted by Gasteiger charge is -2.37. The third-order valence-electron chi connectivity index (χ3n) is 4.11. The van der Waals surface area contributed by atoms with Crippen molar-refractivity contribution >= 4 is 11.5 Å². The van der Waals surface area contributed by atoms with E-state index >= 15 is 0 Å². The van der Waals surface area contributed by atoms with Crippen molar-refractivity contribution in [3.63, 3.8) is 0 Å². The predicted octanol–water partition coefficient (Wildman–Crippen LogP) is 2.43. The molecule has 2 rings (SSSR count). The average molecular weight is 276 g/mol. The number of nitrogens with zero attached hydrogens (tertiary/aromatic N) is 2. The number of anilines is 1. The summed E-state index contributed by atoms with van der Waals surface area (Å²) in [5, 5.41) is 0. The van der Waals surface area contributed by atoms with Crippen LogP contribution in [-0.2, 0) is 0 Å². The minimum absolute atomic E-state index is 0.0622. The summed E-state index contributed by atoms with van der Waals surface area (Å²) in [6.07, 6.45) is 2.25. The second-order valence-electron chi connectivity index (χ2n) is 5.59. The van der Waals surface area contributed by atoms with Crippen LogP contribution in [0.3, 0.4) is 0 Å². The monoisotopic (exact) mass is 276 g/mol. The second-order valence-corrected chi connectivity index (χ2v) is 5.59. The van der Waals surface area contributed by atoms with Gasteiger partial charge in [0.2, 0.25) is 0 Å². The van der Waals surface area contributed by atoms with Crippen LogP contribution in [0.15, 0.2) is 18.2 Å². The number of rotatable bonds is 4. The van der Waals surface area contributed by atoms with Gasteiger partial charge >= 0.3 is 0 Å². The Balaban J connectivity index is 2.24. The van der Waals surface area contributed by atoms with E-state index in [4.69, 9.17) is 4.74 Å². The number of benzene rings is 1. The summed E-state index contributed by atoms with van der Waals surface area (Å²) >= 11 is 0. The quantitative estimate of drug-likeness (QED) is 0.791. The van der Waals surface area contributed by atoms with E-state index in [1.165, 1.54) is 0 Å². The zero-order valence-corrected chi connectivity index (χ0v) is 12.8. The fraction of sp³-hybridized carbons (Fsp3) is 0.562. The van der Waals surface area contributed by atoms with Crippen molar-refractivity contribution in [1.29, 1.82) is 0 Å². The molecule has 0 aromatic heterocycles. The Morgan fingerprint density at radius 3 is 2.45 bits per heavy atom. The molecule has 1 aliphatic heterocycles. The van der Waals surface area contributed by atoms with E-state index in [0.29, 0.717) is 17.4 Å². The fourth-order valence-corrected chi connectivity index (χ4v) is 2.93. The number of ketones is 1. The molecule has 1 saturated heterocycles. The first-order chi connectivity index (χ1) is 9.54. The molecular formula is C16H24N2O2. The van der Waals surface area contributed by atoms with E-state index in [1.807, 2.05) is 18.2 Å². The lowest BCUT2D eigenvalue weighted by molar-refractivity contribution is 0.101. The molecular weight excluding hydrogens is 252 g/mol. The molecule has 1 fully saturated rings. The van der Waals surface area contributed by atoms with Crippen molar-refractivity contribution in [3.8, 4) is 5.75 Å². The summed E-state index contributed by atoms with van der Waals surface area (Å²) in [6.45, 7) is 3.57. The topological polar surface area (TPSA) is 32.8 Å². The highest BCUT2D eigenvalue weighted by Crippen LogP contribution is 2.31. The molecule has 1 aromatic rings. The molecule has 1 heterocycles. The maximum absolute atomic E-state index is 11.9. The molecule has 0 atom stereocenters. The maximum atomic E-state index is 11.9. The summed E-state index contributed by atoms with van der Waals surface area (Å²) in [6, 6.07) is 6.47. The van der Waals surface area contributed by atoms with E-state index in [2.05, 4.69) is 23.9 Å². The Morgan fingerprint density at radius 2 is 1.95 bits per heavy atom. The normalized spacial score (nSPS) is 16.6. The van der Waals surface area contributed by atoms with E-state index in [9.17, 15) is 4.79 Å². The maximum Gasteiger partial charge on any atom is 0.165 e. The SMILES string of the molecule is COc1cccc(N2CCC(N(C)C)CC2)c1C(C)=O. The third-order valence-corrected chi connectivity index (χ3v) is 4.11. The molecule has 0 saturated carbocycles. The summed E-state index contributed by atoms with van der Waals surface area (Å²) in [5.41, 5.74) is 1.72. The first-order valence-electron chi connectivity index (χ1n) is 7.14. The average Bonchev–Trinajstić information content (AvgIpc) is 2.46. The van der Waals surface area contributed by atoms with Crippen molar-refractivity contribution in [3.05, 3.63) is 23.8 Å². The number of carbonyl (C=O) groups excluding carboxylic acids is 1. The van der Waals surface area contributed by atoms with Crippen molar-refractivity contribution < 1.29 is 9.53 Å². The van der Waals surface area contributed by atoms with E-state index < -0.39 is 0 Å². The molecule has 20 heavy (non-hydrogen) atoms. The van der Waals surface area contributed by atoms with Crippen LogP contribution in [0, 0.1) is 0 Å². The van der Waals surface area contributed by atoms with Crippen LogP contribution in [0.2, 0.25) is 0 Å². The zero-order chi connectivity index (χ0) is 14.7. The number of Topliss-reactive ketones (excluding diaryl/α,β-unsaturated/α-hetero) is 1. The van der Waals surface area contributed by atoms with Gasteiger partial charge < -0.3 is 14.5 Å². The van der Waals surface area contributed by atoms with Crippen LogP contribution in [0.1, 0.15) is 30.1 Å². The minimum atomic E-state index is 0.0622. The van der Waals surface area contributed by atoms with Gasteiger partial charge in [0.15, 0.2) is 5.78 Å². The number of ether oxygens (including phenoxy) is 1. The molecule has 0 N–H and O–H groups in total. The van der Waals surface area contributed by atoms with Gasteiger partial charge in [-0.1, -0.05) is 6.07 Å². The van der Waals surface area contributed by atoms with Gasteiger partial charge in [-0.15, -0.1) is 0 Å². The Hall–Kier alpha value is -1.55. The van der Waals surface area contributed by atoms with E-state index in [0.717, 1.165) is 31.6 Å². The minimum Gasteiger partial charge on any atom is -0.496 e. The van der Waals surface area contributed by atoms with E-state index in [1.54, 1.807) is 14.0 Å². The Morgan fingerprint density at radius 1 is 1.30 bits per heavy atom. The largest absolute Gasteiger partial charge is 0.496 e. The molecule has 0 spiro atoms. The lowest BCUT2D eigenvalue weighted by Crippen LogP contribution is -2.42. The summed E-state index contributed by atoms with van der Waals surface area (Å²) in [4.78, 5) is 16.5. The molecule has 4 nitrogen and oxygen atoms in total. The predicted molar refractivity (Wildman–Crippen MR) is 81.9 cm³/mol. The first-order valence-corrected chi connectivity index (χ1v) is 7.14. The standard InChI is InChI=1S/C16H24N2O2/c1-12(19)16-14(6-5-7-15(16)20-4)18-10-8-13(9-11-18)17(2)3/h5-7,13H,8-11H2,1-4H3. The van der Waals surface area contributed by atoms with E-state index in [-0.39, 0.29) is 5.78 Å². The highest BCUT2D eigenvalue weighted by Gasteiger charge is 2.24. The fourth-order valence-electron chi connectivity index (χ4n) is 2.93. The number of hydrogen-bond acceptors (Lipinski definition) is 4. The van der Waals surface area contributed by atoms with Gasteiger partial charge in [0, 0.05) is 19.1 Å². The van der Waals surface area contributed by atoms with Gasteiger partial charge in [0.25, 0.3) is 0 Å². The number of piperidine rings is 1. The van der Waals surface area contributed by atoms with Crippen LogP contribution in [0.4, 0.5) is 5.69 Å². The Bertz CT molecular complexity index is 477. The van der Waals surface area contributed by atoms with Crippen LogP contribution in [0.25, 0.3) is 0 Å². The van der Waals surface area contributed by atoms with Crippen molar-refractivity contribution in [2.45, 2.75) is 25.8 Å². The molecule has 0 amide bonds. The first kappa shape index (κ1) is 14.9. The summed E-state index contributed by atoms with van der Waals surface area (Å²) in [5.74, 6) is 0.733. The molecule has 0 bridgehead atoms. The zero-order valence-electron chi connectivity index (χ0n) is 12.8. The highest BCUT2D eigenvalue weighted by molar-refractivity contribution is 6.02. The molecule has 1 aliphatic rings. The van der Waals surface area contributed by atoms with Crippen molar-refractivity contribution in [2.24, 2.45) is 0 Å². The Labute approximate surface area is 121 Å². The molecule has 110 valence electrons. The van der Waals surface area contributed by atoms with Crippen molar-refractivity contribution in [1.82, 2.24) is 4.90 Å². The van der Waals surface area contributed by atoms with Gasteiger partial charge in [-0.25, -0.2) is 0 Å². The van der Waals surface area contributed by atoms with Gasteiger partial charge in [-0.3, -0.25) is 4.79 Å². The smallest absolute Gasteiger partial charge is 0.165 e. The number of hydrogen-bond donors (Lipinski definition) is 0. The number of carbonyl (C=O) groups is 1. The summed E-state index contributed by atoms with van der Waals surface area (Å²) < 4.78 is 5.34. The van der Waals surface area contributed by atoms with Crippen LogP contribution in [-0.4, -0.2) is 51.0 Å². The van der Waals surface area contributed by atoms with Gasteiger partial charge in [0.05, 0.1) is 18.4 Å². The second kappa shape index (κ2) is 6.27. The number of methoxy groups -OCH3 is 1. The van der Waals surface area contributed by atoms with Crippen LogP contribution < -0.4 is 9.64 Å². The van der Waals surface area contributed by atoms with Crippen LogP contribution in [0.5, 0.6) is 5.75 Å². The highest BCUT2D eigenvalue weighted by atomic mass is 16.5. The third kappa shape index (κ3) is 2.96. The van der Waals surface area contributed by atoms with Crippen LogP contribution >= 0.6 is 0 Å². The van der Waals surface area contributed by atoms with Crippen molar-refractivity contribution in [2.75, 3.05) is 39.2 Å². The summed E-state index contributed by atoms with van der Waals surface area (Å²) in [7, 11) is 5.88. The molecule has 0 aliphatic carbocycles. The molecule has 1 aromatic carbocycles. The molecule has 0 radical (unpaired) electrons. The lowest BCUT2D eigenvalue weighted by atomic mass is 10.0.